The van der Waals surface area contributed by atoms with Crippen molar-refractivity contribution in [3.8, 4) is 0 Å². The lowest BCUT2D eigenvalue weighted by Crippen LogP contribution is -2.17. The first-order chi connectivity index (χ1) is 8.52. The van der Waals surface area contributed by atoms with Crippen LogP contribution in [0.3, 0.4) is 0 Å². The van der Waals surface area contributed by atoms with Gasteiger partial charge in [-0.25, -0.2) is 0 Å². The fraction of sp³-hybridized carbons (Fsp3) is 0.286. The van der Waals surface area contributed by atoms with Gasteiger partial charge in [0.1, 0.15) is 0 Å². The molecule has 4 heteroatoms. The topological polar surface area (TPSA) is 12.0 Å². The minimum absolute atomic E-state index is 0.212. The van der Waals surface area contributed by atoms with Crippen molar-refractivity contribution in [2.75, 3.05) is 7.05 Å². The summed E-state index contributed by atoms with van der Waals surface area (Å²) < 4.78 is 1.09. The third kappa shape index (κ3) is 2.90. The van der Waals surface area contributed by atoms with Gasteiger partial charge in [-0.2, -0.15) is 0 Å². The van der Waals surface area contributed by atoms with Crippen molar-refractivity contribution in [3.63, 3.8) is 0 Å². The SMILES string of the molecule is CNC(c1ccc(I)c(Cl)c1)c1cc(C)sc1C. The molecule has 0 amide bonds. The van der Waals surface area contributed by atoms with E-state index in [1.807, 2.05) is 18.4 Å². The largest absolute Gasteiger partial charge is 0.309 e. The van der Waals surface area contributed by atoms with Gasteiger partial charge in [0.25, 0.3) is 0 Å². The molecule has 0 bridgehead atoms. The number of aryl methyl sites for hydroxylation is 2. The zero-order valence-electron chi connectivity index (χ0n) is 10.6. The van der Waals surface area contributed by atoms with Crippen LogP contribution in [0.25, 0.3) is 0 Å². The van der Waals surface area contributed by atoms with Crippen LogP contribution >= 0.6 is 45.5 Å². The van der Waals surface area contributed by atoms with Gasteiger partial charge in [0, 0.05) is 13.3 Å². The van der Waals surface area contributed by atoms with Gasteiger partial charge in [0.05, 0.1) is 11.1 Å². The summed E-state index contributed by atoms with van der Waals surface area (Å²) in [4.78, 5) is 2.71. The highest BCUT2D eigenvalue weighted by atomic mass is 127. The number of nitrogens with one attached hydrogen (secondary N) is 1. The summed E-state index contributed by atoms with van der Waals surface area (Å²) in [5.41, 5.74) is 2.56. The minimum atomic E-state index is 0.212. The fourth-order valence-electron chi connectivity index (χ4n) is 2.13. The lowest BCUT2D eigenvalue weighted by molar-refractivity contribution is 0.690. The van der Waals surface area contributed by atoms with Crippen molar-refractivity contribution in [2.45, 2.75) is 19.9 Å². The average Bonchev–Trinajstić information content (AvgIpc) is 2.64. The van der Waals surface area contributed by atoms with Gasteiger partial charge < -0.3 is 5.32 Å². The Hall–Kier alpha value is -0.100. The summed E-state index contributed by atoms with van der Waals surface area (Å²) in [6.45, 7) is 4.32. The summed E-state index contributed by atoms with van der Waals surface area (Å²) in [6.07, 6.45) is 0. The predicted octanol–water partition coefficient (Wildman–Crippen LogP) is 4.93. The second-order valence-corrected chi connectivity index (χ2v) is 7.29. The second kappa shape index (κ2) is 5.90. The smallest absolute Gasteiger partial charge is 0.0585 e. The van der Waals surface area contributed by atoms with Crippen LogP contribution in [0.15, 0.2) is 24.3 Å². The Bertz CT molecular complexity index is 565. The molecule has 0 spiro atoms. The predicted molar refractivity (Wildman–Crippen MR) is 88.9 cm³/mol. The van der Waals surface area contributed by atoms with E-state index < -0.39 is 0 Å². The molecule has 1 unspecified atom stereocenters. The fourth-order valence-corrected chi connectivity index (χ4v) is 3.62. The zero-order valence-corrected chi connectivity index (χ0v) is 14.3. The lowest BCUT2D eigenvalue weighted by atomic mass is 9.99. The zero-order chi connectivity index (χ0) is 13.3. The van der Waals surface area contributed by atoms with Gasteiger partial charge in [-0.05, 0) is 72.8 Å². The summed E-state index contributed by atoms with van der Waals surface area (Å²) in [5.74, 6) is 0. The van der Waals surface area contributed by atoms with Gasteiger partial charge in [0.15, 0.2) is 0 Å². The minimum Gasteiger partial charge on any atom is -0.309 e. The monoisotopic (exact) mass is 391 g/mol. The number of rotatable bonds is 3. The van der Waals surface area contributed by atoms with Crippen LogP contribution in [-0.2, 0) is 0 Å². The van der Waals surface area contributed by atoms with Crippen LogP contribution in [0.5, 0.6) is 0 Å². The molecule has 0 aliphatic carbocycles. The molecule has 2 rings (SSSR count). The first kappa shape index (κ1) is 14.3. The highest BCUT2D eigenvalue weighted by Gasteiger charge is 2.17. The first-order valence-corrected chi connectivity index (χ1v) is 7.99. The molecule has 1 aromatic carbocycles. The molecule has 1 heterocycles. The Balaban J connectivity index is 2.45. The number of halogens is 2. The molecular weight excluding hydrogens is 377 g/mol. The van der Waals surface area contributed by atoms with E-state index in [2.05, 4.69) is 66.0 Å². The van der Waals surface area contributed by atoms with Gasteiger partial charge >= 0.3 is 0 Å². The summed E-state index contributed by atoms with van der Waals surface area (Å²) in [6, 6.07) is 8.73. The number of thiophene rings is 1. The third-order valence-corrected chi connectivity index (χ3v) is 5.51. The lowest BCUT2D eigenvalue weighted by Gasteiger charge is -2.17. The quantitative estimate of drug-likeness (QED) is 0.731. The van der Waals surface area contributed by atoms with Crippen molar-refractivity contribution < 1.29 is 0 Å². The van der Waals surface area contributed by atoms with E-state index in [1.165, 1.54) is 20.9 Å². The molecule has 0 saturated carbocycles. The van der Waals surface area contributed by atoms with E-state index in [0.29, 0.717) is 0 Å². The molecular formula is C14H15ClINS. The first-order valence-electron chi connectivity index (χ1n) is 5.72. The highest BCUT2D eigenvalue weighted by Crippen LogP contribution is 2.32. The number of benzene rings is 1. The van der Waals surface area contributed by atoms with E-state index in [4.69, 9.17) is 11.6 Å². The van der Waals surface area contributed by atoms with Gasteiger partial charge in [0.2, 0.25) is 0 Å². The van der Waals surface area contributed by atoms with E-state index >= 15 is 0 Å². The van der Waals surface area contributed by atoms with E-state index in [1.54, 1.807) is 0 Å². The second-order valence-electron chi connectivity index (χ2n) is 4.26. The van der Waals surface area contributed by atoms with Crippen LogP contribution in [-0.4, -0.2) is 7.05 Å². The number of hydrogen-bond donors (Lipinski definition) is 1. The normalized spacial score (nSPS) is 12.7. The molecule has 18 heavy (non-hydrogen) atoms. The van der Waals surface area contributed by atoms with Crippen LogP contribution in [0.2, 0.25) is 5.02 Å². The molecule has 96 valence electrons. The standard InChI is InChI=1S/C14H15ClINS/c1-8-6-11(9(2)18-8)14(17-3)10-4-5-13(16)12(15)7-10/h4-7,14,17H,1-3H3. The van der Waals surface area contributed by atoms with Crippen LogP contribution in [0, 0.1) is 17.4 Å². The van der Waals surface area contributed by atoms with Gasteiger partial charge in [-0.15, -0.1) is 11.3 Å². The third-order valence-electron chi connectivity index (χ3n) is 2.96. The molecule has 0 aliphatic rings. The average molecular weight is 392 g/mol. The molecule has 1 atom stereocenters. The molecule has 0 aliphatic heterocycles. The summed E-state index contributed by atoms with van der Waals surface area (Å²) >= 11 is 10.3. The summed E-state index contributed by atoms with van der Waals surface area (Å²) in [7, 11) is 1.99. The van der Waals surface area contributed by atoms with Crippen LogP contribution in [0.4, 0.5) is 0 Å². The molecule has 1 nitrogen and oxygen atoms in total. The van der Waals surface area contributed by atoms with Crippen molar-refractivity contribution in [1.82, 2.24) is 5.32 Å². The van der Waals surface area contributed by atoms with Gasteiger partial charge in [-0.3, -0.25) is 0 Å². The molecule has 0 saturated heterocycles. The summed E-state index contributed by atoms with van der Waals surface area (Å²) in [5, 5.41) is 4.20. The Morgan fingerprint density at radius 3 is 2.50 bits per heavy atom. The van der Waals surface area contributed by atoms with Crippen LogP contribution in [0.1, 0.15) is 26.9 Å². The number of hydrogen-bond acceptors (Lipinski definition) is 2. The van der Waals surface area contributed by atoms with E-state index in [-0.39, 0.29) is 6.04 Å². The molecule has 0 radical (unpaired) electrons. The Kier molecular flexibility index (Phi) is 4.69. The van der Waals surface area contributed by atoms with Crippen molar-refractivity contribution in [2.24, 2.45) is 0 Å². The molecule has 1 N–H and O–H groups in total. The molecule has 2 aromatic rings. The van der Waals surface area contributed by atoms with Crippen molar-refractivity contribution in [3.05, 3.63) is 53.7 Å². The maximum absolute atomic E-state index is 6.21. The Labute approximate surface area is 131 Å². The Morgan fingerprint density at radius 1 is 1.28 bits per heavy atom. The van der Waals surface area contributed by atoms with Gasteiger partial charge in [-0.1, -0.05) is 17.7 Å². The van der Waals surface area contributed by atoms with Crippen molar-refractivity contribution >= 4 is 45.5 Å². The molecule has 1 aromatic heterocycles. The van der Waals surface area contributed by atoms with Crippen molar-refractivity contribution in [1.29, 1.82) is 0 Å². The van der Waals surface area contributed by atoms with E-state index in [9.17, 15) is 0 Å². The van der Waals surface area contributed by atoms with Crippen LogP contribution < -0.4 is 5.32 Å². The Morgan fingerprint density at radius 2 is 2.00 bits per heavy atom. The maximum Gasteiger partial charge on any atom is 0.0585 e. The highest BCUT2D eigenvalue weighted by molar-refractivity contribution is 14.1. The maximum atomic E-state index is 6.21. The van der Waals surface area contributed by atoms with E-state index in [0.717, 1.165) is 8.59 Å². The molecule has 0 fully saturated rings.